The summed E-state index contributed by atoms with van der Waals surface area (Å²) >= 11 is 0. The Kier molecular flexibility index (Phi) is 12.8. The molecule has 0 bridgehead atoms. The van der Waals surface area contributed by atoms with E-state index in [-0.39, 0.29) is 6.10 Å². The molecular weight excluding hydrogens is 425 g/mol. The molecule has 2 unspecified atom stereocenters. The van der Waals surface area contributed by atoms with E-state index in [2.05, 4.69) is 58.9 Å². The summed E-state index contributed by atoms with van der Waals surface area (Å²) in [7, 11) is -6.22. The molecule has 0 amide bonds. The number of hydrogen-bond acceptors (Lipinski definition) is 6. The summed E-state index contributed by atoms with van der Waals surface area (Å²) in [5.41, 5.74) is 0. The molecule has 0 aliphatic rings. The predicted octanol–water partition coefficient (Wildman–Crippen LogP) is 4.94. The van der Waals surface area contributed by atoms with Crippen molar-refractivity contribution in [1.29, 1.82) is 0 Å². The lowest BCUT2D eigenvalue weighted by Crippen LogP contribution is -2.56. The molecule has 0 spiro atoms. The highest BCUT2D eigenvalue weighted by molar-refractivity contribution is 6.89. The maximum Gasteiger partial charge on any atom is 0.315 e. The zero-order chi connectivity index (χ0) is 22.1. The Morgan fingerprint density at radius 2 is 1.21 bits per heavy atom. The van der Waals surface area contributed by atoms with Crippen molar-refractivity contribution in [2.45, 2.75) is 84.4 Å². The van der Waals surface area contributed by atoms with E-state index in [1.807, 2.05) is 6.92 Å². The van der Waals surface area contributed by atoms with Crippen LogP contribution in [0.5, 0.6) is 0 Å². The molecule has 6 nitrogen and oxygen atoms in total. The van der Waals surface area contributed by atoms with Crippen LogP contribution in [0.3, 0.4) is 0 Å². The van der Waals surface area contributed by atoms with Gasteiger partial charge in [0, 0.05) is 13.7 Å². The second-order valence-corrected chi connectivity index (χ2v) is 26.4. The third-order valence-corrected chi connectivity index (χ3v) is 17.1. The molecule has 0 aromatic heterocycles. The van der Waals surface area contributed by atoms with Crippen molar-refractivity contribution in [3.8, 4) is 0 Å². The molecule has 0 aliphatic heterocycles. The van der Waals surface area contributed by atoms with Crippen LogP contribution in [-0.4, -0.2) is 73.4 Å². The summed E-state index contributed by atoms with van der Waals surface area (Å²) in [4.78, 5) is 0. The fourth-order valence-corrected chi connectivity index (χ4v) is 21.0. The monoisotopic (exact) mass is 470 g/mol. The Morgan fingerprint density at radius 3 is 1.71 bits per heavy atom. The average molecular weight is 471 g/mol. The van der Waals surface area contributed by atoms with Crippen LogP contribution in [0.15, 0.2) is 0 Å². The zero-order valence-electron chi connectivity index (χ0n) is 20.3. The van der Waals surface area contributed by atoms with E-state index in [9.17, 15) is 0 Å². The van der Waals surface area contributed by atoms with Crippen molar-refractivity contribution in [2.24, 2.45) is 0 Å². The molecule has 0 fully saturated rings. The van der Waals surface area contributed by atoms with Crippen LogP contribution in [0, 0.1) is 0 Å². The van der Waals surface area contributed by atoms with E-state index in [1.165, 1.54) is 0 Å². The molecule has 0 aliphatic carbocycles. The van der Waals surface area contributed by atoms with E-state index in [4.69, 9.17) is 26.6 Å². The van der Waals surface area contributed by atoms with Gasteiger partial charge in [-0.25, -0.2) is 0 Å². The van der Waals surface area contributed by atoms with E-state index in [1.54, 1.807) is 7.11 Å². The van der Waals surface area contributed by atoms with E-state index < -0.39 is 33.8 Å². The lowest BCUT2D eigenvalue weighted by atomic mass is 10.4. The highest BCUT2D eigenvalue weighted by Gasteiger charge is 2.44. The van der Waals surface area contributed by atoms with Crippen LogP contribution in [0.4, 0.5) is 0 Å². The quantitative estimate of drug-likeness (QED) is 0.235. The van der Waals surface area contributed by atoms with Gasteiger partial charge >= 0.3 is 17.1 Å². The minimum atomic E-state index is -2.32. The van der Waals surface area contributed by atoms with Gasteiger partial charge in [-0.1, -0.05) is 0 Å². The first-order valence-corrected chi connectivity index (χ1v) is 22.5. The van der Waals surface area contributed by atoms with Gasteiger partial charge in [0.1, 0.15) is 0 Å². The van der Waals surface area contributed by atoms with Crippen molar-refractivity contribution >= 4 is 33.8 Å². The smallest absolute Gasteiger partial charge is 0.315 e. The fourth-order valence-electron chi connectivity index (χ4n) is 3.08. The van der Waals surface area contributed by atoms with Gasteiger partial charge in [-0.05, 0) is 78.3 Å². The third kappa shape index (κ3) is 16.4. The number of hydrogen-bond donors (Lipinski definition) is 0. The predicted molar refractivity (Wildman–Crippen MR) is 127 cm³/mol. The normalized spacial score (nSPS) is 16.8. The van der Waals surface area contributed by atoms with Gasteiger partial charge in [-0.2, -0.15) is 0 Å². The maximum atomic E-state index is 6.67. The van der Waals surface area contributed by atoms with Crippen molar-refractivity contribution in [3.05, 3.63) is 0 Å². The van der Waals surface area contributed by atoms with Crippen LogP contribution < -0.4 is 0 Å². The van der Waals surface area contributed by atoms with Gasteiger partial charge < -0.3 is 26.6 Å². The van der Waals surface area contributed by atoms with Crippen molar-refractivity contribution in [1.82, 2.24) is 0 Å². The standard InChI is InChI=1S/C18H46O6Si4/c1-18(19-2)17-21-15-14-20-13-12-16-28(11,23-26(6,7)8)24-27(9,10)22-25(3,4)5/h18H,12-17H2,1-11H3. The Labute approximate surface area is 178 Å². The van der Waals surface area contributed by atoms with Crippen LogP contribution in [0.1, 0.15) is 13.3 Å². The number of ether oxygens (including phenoxy) is 3. The minimum absolute atomic E-state index is 0.119. The van der Waals surface area contributed by atoms with Gasteiger partial charge in [0.25, 0.3) is 0 Å². The van der Waals surface area contributed by atoms with Gasteiger partial charge in [0.15, 0.2) is 16.6 Å². The zero-order valence-corrected chi connectivity index (χ0v) is 24.3. The summed E-state index contributed by atoms with van der Waals surface area (Å²) in [6, 6.07) is 0.921. The Balaban J connectivity index is 4.49. The molecule has 2 atom stereocenters. The molecule has 170 valence electrons. The van der Waals surface area contributed by atoms with Crippen LogP contribution in [-0.2, 0) is 26.6 Å². The molecule has 0 saturated carbocycles. The topological polar surface area (TPSA) is 55.4 Å². The average Bonchev–Trinajstić information content (AvgIpc) is 2.44. The van der Waals surface area contributed by atoms with Gasteiger partial charge in [-0.3, -0.25) is 0 Å². The fraction of sp³-hybridized carbons (Fsp3) is 1.00. The van der Waals surface area contributed by atoms with Crippen LogP contribution >= 0.6 is 0 Å². The first-order valence-electron chi connectivity index (χ1n) is 10.4. The molecule has 10 heteroatoms. The Bertz CT molecular complexity index is 425. The summed E-state index contributed by atoms with van der Waals surface area (Å²) in [6.45, 7) is 24.3. The SMILES string of the molecule is COC(C)COCCOCCC[Si](C)(O[Si](C)(C)C)O[Si](C)(C)O[Si](C)(C)C. The number of rotatable bonds is 16. The largest absolute Gasteiger partial charge is 0.437 e. The first-order chi connectivity index (χ1) is 12.6. The summed E-state index contributed by atoms with van der Waals surface area (Å²) in [5, 5.41) is 0. The Hall–Kier alpha value is 0.628. The molecule has 0 heterocycles. The molecule has 0 N–H and O–H groups in total. The summed E-state index contributed by atoms with van der Waals surface area (Å²) in [5.74, 6) is 0. The van der Waals surface area contributed by atoms with Gasteiger partial charge in [-0.15, -0.1) is 0 Å². The molecule has 0 aromatic carbocycles. The van der Waals surface area contributed by atoms with Crippen LogP contribution in [0.25, 0.3) is 0 Å². The highest BCUT2D eigenvalue weighted by Crippen LogP contribution is 2.27. The lowest BCUT2D eigenvalue weighted by molar-refractivity contribution is -0.00631. The van der Waals surface area contributed by atoms with Crippen molar-refractivity contribution in [3.63, 3.8) is 0 Å². The van der Waals surface area contributed by atoms with E-state index in [0.717, 1.165) is 12.5 Å². The van der Waals surface area contributed by atoms with E-state index >= 15 is 0 Å². The van der Waals surface area contributed by atoms with Gasteiger partial charge in [0.2, 0.25) is 0 Å². The van der Waals surface area contributed by atoms with Crippen molar-refractivity contribution in [2.75, 3.05) is 33.5 Å². The summed E-state index contributed by atoms with van der Waals surface area (Å²) < 4.78 is 36.1. The Morgan fingerprint density at radius 1 is 0.679 bits per heavy atom. The third-order valence-electron chi connectivity index (χ3n) is 3.58. The minimum Gasteiger partial charge on any atom is -0.437 e. The maximum absolute atomic E-state index is 6.67. The second-order valence-electron chi connectivity index (χ2n) is 9.90. The highest BCUT2D eigenvalue weighted by atomic mass is 28.5. The first kappa shape index (κ1) is 28.6. The molecular formula is C18H46O6Si4. The molecule has 0 saturated heterocycles. The van der Waals surface area contributed by atoms with Gasteiger partial charge in [0.05, 0.1) is 25.9 Å². The number of methoxy groups -OCH3 is 1. The summed E-state index contributed by atoms with van der Waals surface area (Å²) in [6.07, 6.45) is 1.05. The van der Waals surface area contributed by atoms with E-state index in [0.29, 0.717) is 26.4 Å². The second kappa shape index (κ2) is 12.5. The lowest BCUT2D eigenvalue weighted by Gasteiger charge is -2.41. The molecule has 28 heavy (non-hydrogen) atoms. The molecule has 0 radical (unpaired) electrons. The van der Waals surface area contributed by atoms with Crippen LogP contribution in [0.2, 0.25) is 65.0 Å². The molecule has 0 rings (SSSR count). The molecule has 0 aromatic rings. The van der Waals surface area contributed by atoms with Crippen molar-refractivity contribution < 1.29 is 26.6 Å².